The van der Waals surface area contributed by atoms with E-state index in [9.17, 15) is 13.2 Å². The summed E-state index contributed by atoms with van der Waals surface area (Å²) in [4.78, 5) is 12.2. The summed E-state index contributed by atoms with van der Waals surface area (Å²) in [5, 5.41) is 2.65. The molecule has 0 aromatic heterocycles. The fraction of sp³-hybridized carbons (Fsp3) is 0.133. The number of hydrogen-bond acceptors (Lipinski definition) is 4. The lowest BCUT2D eigenvalue weighted by molar-refractivity contribution is -0.114. The van der Waals surface area contributed by atoms with E-state index in [1.807, 2.05) is 6.26 Å². The molecule has 0 aliphatic heterocycles. The maximum atomic E-state index is 12.5. The summed E-state index contributed by atoms with van der Waals surface area (Å²) in [5.41, 5.74) is 0.937. The number of rotatable bonds is 5. The van der Waals surface area contributed by atoms with Gasteiger partial charge in [-0.05, 0) is 48.7 Å². The van der Waals surface area contributed by atoms with Gasteiger partial charge in [0.25, 0.3) is 10.0 Å². The first-order valence-corrected chi connectivity index (χ1v) is 10.1. The average Bonchev–Trinajstić information content (AvgIpc) is 2.49. The predicted octanol–water partition coefficient (Wildman–Crippen LogP) is 3.93. The SMILES string of the molecule is CSc1ccc(S(=O)(=O)Nc2ccc(Br)cc2)cc1NC(C)=O. The van der Waals surface area contributed by atoms with Crippen LogP contribution in [0.5, 0.6) is 0 Å². The molecule has 2 N–H and O–H groups in total. The molecule has 0 saturated heterocycles. The van der Waals surface area contributed by atoms with Crippen molar-refractivity contribution >= 4 is 55.0 Å². The molecule has 0 saturated carbocycles. The van der Waals surface area contributed by atoms with Crippen molar-refractivity contribution in [2.45, 2.75) is 16.7 Å². The van der Waals surface area contributed by atoms with Gasteiger partial charge in [0, 0.05) is 22.0 Å². The Bertz CT molecular complexity index is 821. The van der Waals surface area contributed by atoms with E-state index in [0.29, 0.717) is 11.4 Å². The summed E-state index contributed by atoms with van der Waals surface area (Å²) in [5.74, 6) is -0.254. The number of anilines is 2. The Labute approximate surface area is 148 Å². The number of amides is 1. The van der Waals surface area contributed by atoms with Crippen LogP contribution in [0.25, 0.3) is 0 Å². The maximum Gasteiger partial charge on any atom is 0.261 e. The van der Waals surface area contributed by atoms with Crippen LogP contribution < -0.4 is 10.0 Å². The van der Waals surface area contributed by atoms with Crippen molar-refractivity contribution in [1.82, 2.24) is 0 Å². The Morgan fingerprint density at radius 1 is 1.13 bits per heavy atom. The third-order valence-corrected chi connectivity index (χ3v) is 5.59. The van der Waals surface area contributed by atoms with E-state index >= 15 is 0 Å². The van der Waals surface area contributed by atoms with E-state index < -0.39 is 10.0 Å². The molecule has 2 rings (SSSR count). The largest absolute Gasteiger partial charge is 0.325 e. The molecule has 2 aromatic rings. The molecule has 0 atom stereocenters. The van der Waals surface area contributed by atoms with Crippen LogP contribution in [0.4, 0.5) is 11.4 Å². The van der Waals surface area contributed by atoms with Gasteiger partial charge in [-0.25, -0.2) is 8.42 Å². The van der Waals surface area contributed by atoms with Crippen molar-refractivity contribution in [1.29, 1.82) is 0 Å². The fourth-order valence-electron chi connectivity index (χ4n) is 1.87. The number of carbonyl (C=O) groups is 1. The van der Waals surface area contributed by atoms with Gasteiger partial charge < -0.3 is 5.32 Å². The van der Waals surface area contributed by atoms with E-state index in [4.69, 9.17) is 0 Å². The molecule has 0 aliphatic carbocycles. The zero-order valence-corrected chi connectivity index (χ0v) is 15.7. The van der Waals surface area contributed by atoms with Gasteiger partial charge in [-0.1, -0.05) is 15.9 Å². The monoisotopic (exact) mass is 414 g/mol. The molecular formula is C15H15BrN2O3S2. The lowest BCUT2D eigenvalue weighted by Crippen LogP contribution is -2.14. The Balaban J connectivity index is 2.35. The molecule has 8 heteroatoms. The normalized spacial score (nSPS) is 11.1. The highest BCUT2D eigenvalue weighted by Crippen LogP contribution is 2.29. The lowest BCUT2D eigenvalue weighted by atomic mass is 10.3. The zero-order valence-electron chi connectivity index (χ0n) is 12.5. The summed E-state index contributed by atoms with van der Waals surface area (Å²) in [6.45, 7) is 1.38. The quantitative estimate of drug-likeness (QED) is 0.726. The van der Waals surface area contributed by atoms with Gasteiger partial charge in [-0.2, -0.15) is 0 Å². The molecular weight excluding hydrogens is 400 g/mol. The first-order valence-electron chi connectivity index (χ1n) is 6.56. The maximum absolute atomic E-state index is 12.5. The van der Waals surface area contributed by atoms with Crippen LogP contribution in [-0.4, -0.2) is 20.6 Å². The summed E-state index contributed by atoms with van der Waals surface area (Å²) < 4.78 is 28.3. The van der Waals surface area contributed by atoms with E-state index in [1.54, 1.807) is 30.3 Å². The minimum Gasteiger partial charge on any atom is -0.325 e. The molecule has 2 aromatic carbocycles. The first-order chi connectivity index (χ1) is 10.8. The van der Waals surface area contributed by atoms with Crippen LogP contribution >= 0.6 is 27.7 Å². The second-order valence-electron chi connectivity index (χ2n) is 4.66. The number of benzene rings is 2. The van der Waals surface area contributed by atoms with Crippen molar-refractivity contribution in [2.75, 3.05) is 16.3 Å². The van der Waals surface area contributed by atoms with Gasteiger partial charge in [0.2, 0.25) is 5.91 Å². The molecule has 0 aliphatic rings. The fourth-order valence-corrected chi connectivity index (χ4v) is 3.76. The minimum absolute atomic E-state index is 0.0852. The highest BCUT2D eigenvalue weighted by molar-refractivity contribution is 9.10. The van der Waals surface area contributed by atoms with Gasteiger partial charge in [0.15, 0.2) is 0 Å². The van der Waals surface area contributed by atoms with Gasteiger partial charge >= 0.3 is 0 Å². The Hall–Kier alpha value is -1.51. The molecule has 0 unspecified atom stereocenters. The van der Waals surface area contributed by atoms with Gasteiger partial charge in [-0.3, -0.25) is 9.52 Å². The van der Waals surface area contributed by atoms with Crippen LogP contribution in [0.3, 0.4) is 0 Å². The standard InChI is InChI=1S/C15H15BrN2O3S2/c1-10(19)17-14-9-13(7-8-15(14)22-2)23(20,21)18-12-5-3-11(16)4-6-12/h3-9,18H,1-2H3,(H,17,19). The van der Waals surface area contributed by atoms with Crippen LogP contribution in [0, 0.1) is 0 Å². The number of thioether (sulfide) groups is 1. The van der Waals surface area contributed by atoms with E-state index in [2.05, 4.69) is 26.0 Å². The minimum atomic E-state index is -3.74. The third kappa shape index (κ3) is 4.73. The Morgan fingerprint density at radius 2 is 1.78 bits per heavy atom. The second-order valence-corrected chi connectivity index (χ2v) is 8.10. The number of hydrogen-bond donors (Lipinski definition) is 2. The van der Waals surface area contributed by atoms with E-state index in [0.717, 1.165) is 9.37 Å². The van der Waals surface area contributed by atoms with Gasteiger partial charge in [0.1, 0.15) is 0 Å². The molecule has 23 heavy (non-hydrogen) atoms. The molecule has 0 fully saturated rings. The Kier molecular flexibility index (Phi) is 5.72. The lowest BCUT2D eigenvalue weighted by Gasteiger charge is -2.12. The predicted molar refractivity (Wildman–Crippen MR) is 97.5 cm³/mol. The smallest absolute Gasteiger partial charge is 0.261 e. The highest BCUT2D eigenvalue weighted by Gasteiger charge is 2.16. The van der Waals surface area contributed by atoms with Crippen molar-refractivity contribution in [3.8, 4) is 0 Å². The summed E-state index contributed by atoms with van der Waals surface area (Å²) >= 11 is 4.73. The number of sulfonamides is 1. The topological polar surface area (TPSA) is 75.3 Å². The number of nitrogens with one attached hydrogen (secondary N) is 2. The third-order valence-electron chi connectivity index (χ3n) is 2.89. The highest BCUT2D eigenvalue weighted by atomic mass is 79.9. The number of carbonyl (C=O) groups excluding carboxylic acids is 1. The summed E-state index contributed by atoms with van der Waals surface area (Å²) in [6.07, 6.45) is 1.86. The van der Waals surface area contributed by atoms with Crippen molar-refractivity contribution < 1.29 is 13.2 Å². The molecule has 122 valence electrons. The molecule has 0 heterocycles. The Morgan fingerprint density at radius 3 is 2.35 bits per heavy atom. The van der Waals surface area contributed by atoms with Crippen LogP contribution in [0.1, 0.15) is 6.92 Å². The molecule has 0 spiro atoms. The first kappa shape index (κ1) is 17.8. The van der Waals surface area contributed by atoms with Gasteiger partial charge in [0.05, 0.1) is 10.6 Å². The van der Waals surface area contributed by atoms with Crippen LogP contribution in [0.15, 0.2) is 56.7 Å². The molecule has 5 nitrogen and oxygen atoms in total. The second kappa shape index (κ2) is 7.37. The van der Waals surface area contributed by atoms with E-state index in [-0.39, 0.29) is 10.8 Å². The molecule has 1 amide bonds. The number of halogens is 1. The van der Waals surface area contributed by atoms with Crippen molar-refractivity contribution in [2.24, 2.45) is 0 Å². The molecule has 0 bridgehead atoms. The summed E-state index contributed by atoms with van der Waals surface area (Å²) in [6, 6.07) is 11.5. The van der Waals surface area contributed by atoms with Crippen LogP contribution in [-0.2, 0) is 14.8 Å². The van der Waals surface area contributed by atoms with Gasteiger partial charge in [-0.15, -0.1) is 11.8 Å². The average molecular weight is 415 g/mol. The van der Waals surface area contributed by atoms with Crippen molar-refractivity contribution in [3.05, 3.63) is 46.9 Å². The van der Waals surface area contributed by atoms with Crippen molar-refractivity contribution in [3.63, 3.8) is 0 Å². The summed E-state index contributed by atoms with van der Waals surface area (Å²) in [7, 11) is -3.74. The zero-order chi connectivity index (χ0) is 17.0. The molecule has 0 radical (unpaired) electrons. The van der Waals surface area contributed by atoms with Crippen LogP contribution in [0.2, 0.25) is 0 Å². The van der Waals surface area contributed by atoms with E-state index in [1.165, 1.54) is 30.8 Å².